The number of amides is 1. The molecule has 2 atom stereocenters. The van der Waals surface area contributed by atoms with Gasteiger partial charge in [0.25, 0.3) is 5.91 Å². The molecule has 0 spiro atoms. The molecule has 0 bridgehead atoms. The minimum atomic E-state index is -0.0259. The Bertz CT molecular complexity index is 491. The van der Waals surface area contributed by atoms with Crippen molar-refractivity contribution in [2.45, 2.75) is 32.4 Å². The molecule has 2 N–H and O–H groups in total. The van der Waals surface area contributed by atoms with Crippen LogP contribution in [-0.4, -0.2) is 43.7 Å². The van der Waals surface area contributed by atoms with Gasteiger partial charge in [-0.2, -0.15) is 0 Å². The van der Waals surface area contributed by atoms with Crippen LogP contribution in [0.4, 0.5) is 0 Å². The second kappa shape index (κ2) is 5.71. The van der Waals surface area contributed by atoms with Gasteiger partial charge in [0, 0.05) is 29.8 Å². The number of carbonyl (C=O) groups excluding carboxylic acids is 1. The summed E-state index contributed by atoms with van der Waals surface area (Å²) in [4.78, 5) is 14.4. The average molecular weight is 278 g/mol. The van der Waals surface area contributed by atoms with Crippen LogP contribution in [0.3, 0.4) is 0 Å². The number of rotatable bonds is 3. The number of carbonyl (C=O) groups is 1. The zero-order chi connectivity index (χ0) is 14.9. The number of methoxy groups -OCH3 is 2. The molecule has 1 saturated heterocycles. The predicted octanol–water partition coefficient (Wildman–Crippen LogP) is 1.57. The zero-order valence-electron chi connectivity index (χ0n) is 12.5. The van der Waals surface area contributed by atoms with Gasteiger partial charge >= 0.3 is 0 Å². The number of benzene rings is 1. The van der Waals surface area contributed by atoms with Crippen molar-refractivity contribution in [1.82, 2.24) is 4.90 Å². The fourth-order valence-electron chi connectivity index (χ4n) is 2.63. The van der Waals surface area contributed by atoms with E-state index in [9.17, 15) is 4.79 Å². The number of likely N-dealkylation sites (tertiary alicyclic amines) is 1. The summed E-state index contributed by atoms with van der Waals surface area (Å²) in [5.74, 6) is 1.29. The average Bonchev–Trinajstić information content (AvgIpc) is 2.78. The quantitative estimate of drug-likeness (QED) is 0.911. The topological polar surface area (TPSA) is 64.8 Å². The first kappa shape index (κ1) is 14.7. The molecule has 0 radical (unpaired) electrons. The summed E-state index contributed by atoms with van der Waals surface area (Å²) in [7, 11) is 3.18. The SMILES string of the molecule is COc1cc(C(=O)N2CCC(N)C2C)cc(OC)c1C. The number of ether oxygens (including phenoxy) is 2. The van der Waals surface area contributed by atoms with Crippen LogP contribution in [0.1, 0.15) is 29.3 Å². The van der Waals surface area contributed by atoms with Crippen molar-refractivity contribution in [3.05, 3.63) is 23.3 Å². The van der Waals surface area contributed by atoms with Crippen LogP contribution in [0.2, 0.25) is 0 Å². The van der Waals surface area contributed by atoms with Gasteiger partial charge in [-0.15, -0.1) is 0 Å². The molecule has 1 heterocycles. The molecule has 0 aliphatic carbocycles. The molecule has 2 unspecified atom stereocenters. The van der Waals surface area contributed by atoms with Crippen molar-refractivity contribution in [2.24, 2.45) is 5.73 Å². The number of hydrogen-bond acceptors (Lipinski definition) is 4. The first-order valence-electron chi connectivity index (χ1n) is 6.78. The zero-order valence-corrected chi connectivity index (χ0v) is 12.5. The molecule has 0 aromatic heterocycles. The largest absolute Gasteiger partial charge is 0.496 e. The van der Waals surface area contributed by atoms with E-state index in [1.54, 1.807) is 26.4 Å². The molecule has 0 saturated carbocycles. The van der Waals surface area contributed by atoms with Crippen LogP contribution in [0.25, 0.3) is 0 Å². The monoisotopic (exact) mass is 278 g/mol. The van der Waals surface area contributed by atoms with Gasteiger partial charge in [0.1, 0.15) is 11.5 Å². The maximum Gasteiger partial charge on any atom is 0.254 e. The summed E-state index contributed by atoms with van der Waals surface area (Å²) in [5, 5.41) is 0. The fourth-order valence-corrected chi connectivity index (χ4v) is 2.63. The fraction of sp³-hybridized carbons (Fsp3) is 0.533. The maximum atomic E-state index is 12.6. The summed E-state index contributed by atoms with van der Waals surface area (Å²) in [5.41, 5.74) is 7.44. The normalized spacial score (nSPS) is 21.9. The molecular weight excluding hydrogens is 256 g/mol. The molecule has 1 aliphatic heterocycles. The minimum Gasteiger partial charge on any atom is -0.496 e. The first-order valence-corrected chi connectivity index (χ1v) is 6.78. The van der Waals surface area contributed by atoms with Crippen molar-refractivity contribution < 1.29 is 14.3 Å². The molecule has 110 valence electrons. The summed E-state index contributed by atoms with van der Waals surface area (Å²) >= 11 is 0. The molecule has 20 heavy (non-hydrogen) atoms. The Kier molecular flexibility index (Phi) is 4.18. The Labute approximate surface area is 119 Å². The van der Waals surface area contributed by atoms with Crippen molar-refractivity contribution >= 4 is 5.91 Å². The van der Waals surface area contributed by atoms with E-state index in [1.807, 2.05) is 18.7 Å². The lowest BCUT2D eigenvalue weighted by Gasteiger charge is -2.24. The molecule has 1 aliphatic rings. The standard InChI is InChI=1S/C15H22N2O3/c1-9-13(19-3)7-11(8-14(9)20-4)15(18)17-6-5-12(16)10(17)2/h7-8,10,12H,5-6,16H2,1-4H3. The lowest BCUT2D eigenvalue weighted by molar-refractivity contribution is 0.0742. The Morgan fingerprint density at radius 2 is 1.85 bits per heavy atom. The molecule has 1 fully saturated rings. The van der Waals surface area contributed by atoms with E-state index < -0.39 is 0 Å². The van der Waals surface area contributed by atoms with Gasteiger partial charge in [-0.25, -0.2) is 0 Å². The molecule has 5 nitrogen and oxygen atoms in total. The number of hydrogen-bond donors (Lipinski definition) is 1. The number of nitrogens with zero attached hydrogens (tertiary/aromatic N) is 1. The maximum absolute atomic E-state index is 12.6. The Hall–Kier alpha value is -1.75. The van der Waals surface area contributed by atoms with Crippen molar-refractivity contribution in [1.29, 1.82) is 0 Å². The Balaban J connectivity index is 2.35. The van der Waals surface area contributed by atoms with Crippen LogP contribution in [0.5, 0.6) is 11.5 Å². The van der Waals surface area contributed by atoms with Gasteiger partial charge in [0.2, 0.25) is 0 Å². The molecule has 1 amide bonds. The smallest absolute Gasteiger partial charge is 0.254 e. The molecular formula is C15H22N2O3. The lowest BCUT2D eigenvalue weighted by Crippen LogP contribution is -2.40. The Morgan fingerprint density at radius 1 is 1.30 bits per heavy atom. The van der Waals surface area contributed by atoms with E-state index in [4.69, 9.17) is 15.2 Å². The minimum absolute atomic E-state index is 0.0259. The van der Waals surface area contributed by atoms with Crippen molar-refractivity contribution in [3.8, 4) is 11.5 Å². The van der Waals surface area contributed by atoms with E-state index in [1.165, 1.54) is 0 Å². The van der Waals surface area contributed by atoms with Crippen molar-refractivity contribution in [3.63, 3.8) is 0 Å². The van der Waals surface area contributed by atoms with Crippen molar-refractivity contribution in [2.75, 3.05) is 20.8 Å². The highest BCUT2D eigenvalue weighted by atomic mass is 16.5. The van der Waals surface area contributed by atoms with Gasteiger partial charge in [-0.1, -0.05) is 0 Å². The predicted molar refractivity (Wildman–Crippen MR) is 77.4 cm³/mol. The highest BCUT2D eigenvalue weighted by Gasteiger charge is 2.32. The van der Waals surface area contributed by atoms with Crippen LogP contribution in [0, 0.1) is 6.92 Å². The lowest BCUT2D eigenvalue weighted by atomic mass is 10.1. The van der Waals surface area contributed by atoms with E-state index in [0.717, 1.165) is 12.0 Å². The second-order valence-electron chi connectivity index (χ2n) is 5.20. The second-order valence-corrected chi connectivity index (χ2v) is 5.20. The van der Waals surface area contributed by atoms with E-state index in [2.05, 4.69) is 0 Å². The van der Waals surface area contributed by atoms with Gasteiger partial charge in [0.15, 0.2) is 0 Å². The van der Waals surface area contributed by atoms with E-state index in [0.29, 0.717) is 23.6 Å². The molecule has 2 rings (SSSR count). The van der Waals surface area contributed by atoms with E-state index >= 15 is 0 Å². The highest BCUT2D eigenvalue weighted by Crippen LogP contribution is 2.31. The highest BCUT2D eigenvalue weighted by molar-refractivity contribution is 5.95. The van der Waals surface area contributed by atoms with Crippen LogP contribution < -0.4 is 15.2 Å². The van der Waals surface area contributed by atoms with Gasteiger partial charge < -0.3 is 20.1 Å². The summed E-state index contributed by atoms with van der Waals surface area (Å²) < 4.78 is 10.6. The molecule has 1 aromatic rings. The third-order valence-corrected chi connectivity index (χ3v) is 4.07. The van der Waals surface area contributed by atoms with Crippen LogP contribution in [0.15, 0.2) is 12.1 Å². The third kappa shape index (κ3) is 2.45. The number of nitrogens with two attached hydrogens (primary N) is 1. The van der Waals surface area contributed by atoms with Crippen LogP contribution in [-0.2, 0) is 0 Å². The molecule has 1 aromatic carbocycles. The Morgan fingerprint density at radius 3 is 2.25 bits per heavy atom. The van der Waals surface area contributed by atoms with Gasteiger partial charge in [-0.3, -0.25) is 4.79 Å². The van der Waals surface area contributed by atoms with Crippen LogP contribution >= 0.6 is 0 Å². The summed E-state index contributed by atoms with van der Waals surface area (Å²) in [6.45, 7) is 4.58. The summed E-state index contributed by atoms with van der Waals surface area (Å²) in [6, 6.07) is 3.63. The van der Waals surface area contributed by atoms with Gasteiger partial charge in [-0.05, 0) is 32.4 Å². The summed E-state index contributed by atoms with van der Waals surface area (Å²) in [6.07, 6.45) is 0.840. The van der Waals surface area contributed by atoms with Gasteiger partial charge in [0.05, 0.1) is 14.2 Å². The first-order chi connectivity index (χ1) is 9.49. The third-order valence-electron chi connectivity index (χ3n) is 4.07. The van der Waals surface area contributed by atoms with E-state index in [-0.39, 0.29) is 18.0 Å². The molecule has 5 heteroatoms.